The van der Waals surface area contributed by atoms with Gasteiger partial charge in [-0.25, -0.2) is 8.42 Å². The Morgan fingerprint density at radius 1 is 1.23 bits per heavy atom. The lowest BCUT2D eigenvalue weighted by Crippen LogP contribution is -2.44. The Balaban J connectivity index is 1.88. The molecule has 3 rings (SSSR count). The van der Waals surface area contributed by atoms with Gasteiger partial charge in [0.25, 0.3) is 0 Å². The molecule has 0 bridgehead atoms. The summed E-state index contributed by atoms with van der Waals surface area (Å²) in [7, 11) is -2.58. The fraction of sp³-hybridized carbons (Fsp3) is 0.350. The van der Waals surface area contributed by atoms with Crippen LogP contribution in [-0.4, -0.2) is 44.4 Å². The number of amides is 1. The number of sulfonamides is 1. The molecule has 0 saturated carbocycles. The highest BCUT2D eigenvalue weighted by molar-refractivity contribution is 9.08. The first kappa shape index (κ1) is 23.5. The lowest BCUT2D eigenvalue weighted by atomic mass is 10.2. The Morgan fingerprint density at radius 2 is 1.93 bits per heavy atom. The van der Waals surface area contributed by atoms with E-state index >= 15 is 0 Å². The molecule has 0 aliphatic carbocycles. The number of hydrogen-bond acceptors (Lipinski definition) is 4. The third-order valence-electron chi connectivity index (χ3n) is 4.97. The predicted octanol–water partition coefficient (Wildman–Crippen LogP) is 3.98. The van der Waals surface area contributed by atoms with Gasteiger partial charge >= 0.3 is 0 Å². The standard InChI is InChI=1S/C20H21BrCl2N2O4S/c1-24-20(26)17-9-14(29-12-13-5-3-2-4-6-13)11-25(17)30(27,28)18-8-7-16(22)15(10-21)19(18)23/h2-8,14,17H,9-12H2,1H3,(H,24,26). The van der Waals surface area contributed by atoms with Gasteiger partial charge in [-0.1, -0.05) is 69.5 Å². The minimum atomic E-state index is -4.06. The van der Waals surface area contributed by atoms with Gasteiger partial charge < -0.3 is 10.1 Å². The van der Waals surface area contributed by atoms with Gasteiger partial charge in [-0.05, 0) is 17.7 Å². The molecule has 1 aliphatic rings. The van der Waals surface area contributed by atoms with E-state index in [2.05, 4.69) is 21.2 Å². The molecule has 1 aliphatic heterocycles. The normalized spacial score (nSPS) is 19.7. The molecule has 0 spiro atoms. The molecule has 2 aromatic rings. The molecule has 0 aromatic heterocycles. The highest BCUT2D eigenvalue weighted by atomic mass is 79.9. The van der Waals surface area contributed by atoms with Crippen LogP contribution in [0.5, 0.6) is 0 Å². The van der Waals surface area contributed by atoms with E-state index in [1.165, 1.54) is 19.2 Å². The van der Waals surface area contributed by atoms with Crippen LogP contribution in [0.2, 0.25) is 10.0 Å². The fourth-order valence-electron chi connectivity index (χ4n) is 3.37. The topological polar surface area (TPSA) is 75.7 Å². The van der Waals surface area contributed by atoms with Crippen LogP contribution in [0.3, 0.4) is 0 Å². The Hall–Kier alpha value is -1.16. The van der Waals surface area contributed by atoms with E-state index in [0.29, 0.717) is 22.5 Å². The van der Waals surface area contributed by atoms with Gasteiger partial charge in [-0.2, -0.15) is 4.31 Å². The number of benzene rings is 2. The molecule has 10 heteroatoms. The van der Waals surface area contributed by atoms with E-state index < -0.39 is 28.1 Å². The van der Waals surface area contributed by atoms with Gasteiger partial charge in [-0.15, -0.1) is 0 Å². The van der Waals surface area contributed by atoms with Crippen molar-refractivity contribution in [2.75, 3.05) is 13.6 Å². The first-order valence-corrected chi connectivity index (χ1v) is 12.5. The second kappa shape index (κ2) is 9.97. The van der Waals surface area contributed by atoms with Crippen molar-refractivity contribution >= 4 is 55.1 Å². The van der Waals surface area contributed by atoms with E-state index in [-0.39, 0.29) is 22.9 Å². The average Bonchev–Trinajstić information content (AvgIpc) is 3.18. The molecule has 162 valence electrons. The zero-order valence-corrected chi connectivity index (χ0v) is 20.1. The first-order valence-electron chi connectivity index (χ1n) is 9.21. The summed E-state index contributed by atoms with van der Waals surface area (Å²) in [6, 6.07) is 11.5. The summed E-state index contributed by atoms with van der Waals surface area (Å²) >= 11 is 15.8. The fourth-order valence-corrected chi connectivity index (χ4v) is 6.80. The third-order valence-corrected chi connectivity index (χ3v) is 8.34. The number of halogens is 3. The molecule has 6 nitrogen and oxygen atoms in total. The average molecular weight is 536 g/mol. The van der Waals surface area contributed by atoms with Gasteiger partial charge in [-0.3, -0.25) is 4.79 Å². The van der Waals surface area contributed by atoms with Gasteiger partial charge in [0.05, 0.1) is 17.7 Å². The van der Waals surface area contributed by atoms with Crippen LogP contribution in [-0.2, 0) is 31.5 Å². The molecule has 2 atom stereocenters. The minimum Gasteiger partial charge on any atom is -0.372 e. The predicted molar refractivity (Wildman–Crippen MR) is 120 cm³/mol. The molecule has 30 heavy (non-hydrogen) atoms. The van der Waals surface area contributed by atoms with Crippen molar-refractivity contribution in [1.29, 1.82) is 0 Å². The summed E-state index contributed by atoms with van der Waals surface area (Å²) in [6.45, 7) is 0.380. The highest BCUT2D eigenvalue weighted by Crippen LogP contribution is 2.36. The van der Waals surface area contributed by atoms with Gasteiger partial charge in [0.2, 0.25) is 15.9 Å². The lowest BCUT2D eigenvalue weighted by Gasteiger charge is -2.23. The summed E-state index contributed by atoms with van der Waals surface area (Å²) in [6.07, 6.45) is -0.175. The molecule has 0 radical (unpaired) electrons. The van der Waals surface area contributed by atoms with Crippen molar-refractivity contribution in [3.8, 4) is 0 Å². The van der Waals surface area contributed by atoms with Crippen LogP contribution in [0.15, 0.2) is 47.4 Å². The van der Waals surface area contributed by atoms with Gasteiger partial charge in [0.15, 0.2) is 0 Å². The van der Waals surface area contributed by atoms with Crippen LogP contribution in [0.4, 0.5) is 0 Å². The largest absolute Gasteiger partial charge is 0.372 e. The number of likely N-dealkylation sites (N-methyl/N-ethyl adjacent to an activating group) is 1. The maximum absolute atomic E-state index is 13.4. The van der Waals surface area contributed by atoms with Crippen LogP contribution in [0.25, 0.3) is 0 Å². The van der Waals surface area contributed by atoms with Crippen LogP contribution < -0.4 is 5.32 Å². The lowest BCUT2D eigenvalue weighted by molar-refractivity contribution is -0.123. The van der Waals surface area contributed by atoms with Crippen LogP contribution in [0, 0.1) is 0 Å². The monoisotopic (exact) mass is 534 g/mol. The minimum absolute atomic E-state index is 0.0451. The number of nitrogens with one attached hydrogen (secondary N) is 1. The van der Waals surface area contributed by atoms with E-state index in [1.807, 2.05) is 30.3 Å². The zero-order valence-electron chi connectivity index (χ0n) is 16.1. The summed E-state index contributed by atoms with van der Waals surface area (Å²) in [4.78, 5) is 12.4. The Bertz CT molecular complexity index is 1020. The number of ether oxygens (including phenoxy) is 1. The van der Waals surface area contributed by atoms with E-state index in [1.54, 1.807) is 0 Å². The van der Waals surface area contributed by atoms with Crippen molar-refractivity contribution in [3.63, 3.8) is 0 Å². The smallest absolute Gasteiger partial charge is 0.245 e. The van der Waals surface area contributed by atoms with Crippen molar-refractivity contribution in [2.24, 2.45) is 0 Å². The van der Waals surface area contributed by atoms with Crippen molar-refractivity contribution in [3.05, 3.63) is 63.6 Å². The first-order chi connectivity index (χ1) is 14.3. The van der Waals surface area contributed by atoms with Crippen molar-refractivity contribution < 1.29 is 17.9 Å². The van der Waals surface area contributed by atoms with Gasteiger partial charge in [0, 0.05) is 35.9 Å². The molecule has 1 heterocycles. The third kappa shape index (κ3) is 4.84. The number of carbonyl (C=O) groups excluding carboxylic acids is 1. The van der Waals surface area contributed by atoms with Crippen LogP contribution in [0.1, 0.15) is 17.5 Å². The molecule has 2 unspecified atom stereocenters. The summed E-state index contributed by atoms with van der Waals surface area (Å²) < 4.78 is 33.9. The molecular formula is C20H21BrCl2N2O4S. The molecule has 1 amide bonds. The number of alkyl halides is 1. The number of hydrogen-bond donors (Lipinski definition) is 1. The van der Waals surface area contributed by atoms with E-state index in [4.69, 9.17) is 27.9 Å². The number of nitrogens with zero attached hydrogens (tertiary/aromatic N) is 1. The SMILES string of the molecule is CNC(=O)C1CC(OCc2ccccc2)CN1S(=O)(=O)c1ccc(Cl)c(CBr)c1Cl. The van der Waals surface area contributed by atoms with Crippen molar-refractivity contribution in [1.82, 2.24) is 9.62 Å². The Morgan fingerprint density at radius 3 is 2.57 bits per heavy atom. The zero-order chi connectivity index (χ0) is 21.9. The molecular weight excluding hydrogens is 515 g/mol. The highest BCUT2D eigenvalue weighted by Gasteiger charge is 2.45. The summed E-state index contributed by atoms with van der Waals surface area (Å²) in [5.74, 6) is -0.393. The second-order valence-corrected chi connectivity index (χ2v) is 10.0. The molecule has 1 fully saturated rings. The number of carbonyl (C=O) groups is 1. The molecule has 1 N–H and O–H groups in total. The van der Waals surface area contributed by atoms with E-state index in [9.17, 15) is 13.2 Å². The van der Waals surface area contributed by atoms with Crippen LogP contribution >= 0.6 is 39.1 Å². The maximum Gasteiger partial charge on any atom is 0.245 e. The quantitative estimate of drug-likeness (QED) is 0.544. The van der Waals surface area contributed by atoms with E-state index in [0.717, 1.165) is 9.87 Å². The van der Waals surface area contributed by atoms with Gasteiger partial charge in [0.1, 0.15) is 10.9 Å². The second-order valence-electron chi connectivity index (χ2n) is 6.83. The summed E-state index contributed by atoms with van der Waals surface area (Å²) in [5.41, 5.74) is 1.45. The number of rotatable bonds is 7. The maximum atomic E-state index is 13.4. The molecule has 2 aromatic carbocycles. The summed E-state index contributed by atoms with van der Waals surface area (Å²) in [5, 5.41) is 3.25. The Labute approximate surface area is 194 Å². The Kier molecular flexibility index (Phi) is 7.81. The molecule has 1 saturated heterocycles. The van der Waals surface area contributed by atoms with Crippen molar-refractivity contribution in [2.45, 2.75) is 35.4 Å².